The van der Waals surface area contributed by atoms with Gasteiger partial charge in [0.15, 0.2) is 23.2 Å². The number of anilines is 1. The van der Waals surface area contributed by atoms with Crippen molar-refractivity contribution in [1.82, 2.24) is 29.8 Å². The molecule has 4 rings (SSSR count). The minimum Gasteiger partial charge on any atom is -0.394 e. The summed E-state index contributed by atoms with van der Waals surface area (Å²) in [5, 5.41) is 27.1. The largest absolute Gasteiger partial charge is 0.394 e. The van der Waals surface area contributed by atoms with E-state index in [1.807, 2.05) is 14.1 Å². The van der Waals surface area contributed by atoms with Crippen LogP contribution < -0.4 is 16.0 Å². The highest BCUT2D eigenvalue weighted by molar-refractivity contribution is 5.83. The maximum absolute atomic E-state index is 12.8. The number of aliphatic hydroxyl groups excluding tert-OH is 2. The Labute approximate surface area is 205 Å². The smallest absolute Gasteiger partial charge is 0.237 e. The third kappa shape index (κ3) is 5.05. The Kier molecular flexibility index (Phi) is 7.57. The number of nitrogens with two attached hydrogens (primary N) is 1. The molecule has 5 N–H and O–H groups in total. The van der Waals surface area contributed by atoms with Gasteiger partial charge in [0, 0.05) is 30.9 Å². The molecule has 0 bridgehead atoms. The molecule has 15 heteroatoms. The van der Waals surface area contributed by atoms with Gasteiger partial charge in [-0.3, -0.25) is 14.3 Å². The van der Waals surface area contributed by atoms with E-state index < -0.39 is 43.0 Å². The van der Waals surface area contributed by atoms with Gasteiger partial charge in [-0.2, -0.15) is 0 Å². The summed E-state index contributed by atoms with van der Waals surface area (Å²) < 4.78 is 7.43. The third-order valence-electron chi connectivity index (χ3n) is 5.88. The molecule has 2 unspecified atom stereocenters. The number of fused-ring (bicyclic) bond motifs is 1. The maximum atomic E-state index is 12.8. The lowest BCUT2D eigenvalue weighted by molar-refractivity contribution is -0.124. The lowest BCUT2D eigenvalue weighted by Gasteiger charge is -2.23. The third-order valence-corrected chi connectivity index (χ3v) is 5.88. The molecule has 5 atom stereocenters. The average molecular weight is 498 g/mol. The maximum Gasteiger partial charge on any atom is 0.237 e. The van der Waals surface area contributed by atoms with E-state index in [1.165, 1.54) is 12.7 Å². The lowest BCUT2D eigenvalue weighted by atomic mass is 10.0. The molecule has 1 aliphatic heterocycles. The molecule has 0 radical (unpaired) electrons. The van der Waals surface area contributed by atoms with E-state index in [9.17, 15) is 15.0 Å². The summed E-state index contributed by atoms with van der Waals surface area (Å²) in [5.41, 5.74) is 16.8. The van der Waals surface area contributed by atoms with Crippen molar-refractivity contribution in [3.63, 3.8) is 0 Å². The predicted molar refractivity (Wildman–Crippen MR) is 127 cm³/mol. The van der Waals surface area contributed by atoms with Crippen molar-refractivity contribution in [2.24, 2.45) is 10.8 Å². The molecular formula is C21H27N11O4. The fourth-order valence-electron chi connectivity index (χ4n) is 4.05. The van der Waals surface area contributed by atoms with Crippen molar-refractivity contribution in [2.45, 2.75) is 43.5 Å². The number of carbonyl (C=O) groups is 1. The second kappa shape index (κ2) is 10.8. The van der Waals surface area contributed by atoms with Crippen LogP contribution in [-0.4, -0.2) is 85.6 Å². The fourth-order valence-corrected chi connectivity index (χ4v) is 4.05. The Bertz CT molecular complexity index is 1260. The zero-order chi connectivity index (χ0) is 25.8. The number of ether oxygens (including phenoxy) is 1. The molecule has 1 fully saturated rings. The highest BCUT2D eigenvalue weighted by Gasteiger charge is 2.46. The first kappa shape index (κ1) is 25.2. The number of aromatic nitrogens is 5. The molecule has 0 aromatic carbocycles. The van der Waals surface area contributed by atoms with Gasteiger partial charge < -0.3 is 30.9 Å². The number of amides is 1. The van der Waals surface area contributed by atoms with Gasteiger partial charge in [0.05, 0.1) is 31.6 Å². The van der Waals surface area contributed by atoms with Gasteiger partial charge in [0.1, 0.15) is 18.5 Å². The molecule has 0 aliphatic carbocycles. The van der Waals surface area contributed by atoms with Crippen LogP contribution in [-0.2, 0) is 22.5 Å². The topological polar surface area (TPSA) is 213 Å². The minimum atomic E-state index is -1.21. The highest BCUT2D eigenvalue weighted by Crippen LogP contribution is 2.32. The fraction of sp³-hybridized carbons (Fsp3) is 0.476. The Morgan fingerprint density at radius 1 is 1.36 bits per heavy atom. The first-order valence-corrected chi connectivity index (χ1v) is 11.1. The number of aliphatic hydroxyl groups is 2. The summed E-state index contributed by atoms with van der Waals surface area (Å²) in [4.78, 5) is 34.4. The highest BCUT2D eigenvalue weighted by atomic mass is 16.5. The number of hydrogen-bond donors (Lipinski definition) is 4. The molecule has 3 aromatic rings. The number of hydrogen-bond acceptors (Lipinski definition) is 11. The van der Waals surface area contributed by atoms with E-state index in [0.717, 1.165) is 0 Å². The second-order valence-corrected chi connectivity index (χ2v) is 8.55. The normalized spacial score (nSPS) is 22.2. The summed E-state index contributed by atoms with van der Waals surface area (Å²) in [6.07, 6.45) is 1.56. The Balaban J connectivity index is 1.46. The van der Waals surface area contributed by atoms with Crippen LogP contribution in [0.1, 0.15) is 17.5 Å². The quantitative estimate of drug-likeness (QED) is 0.167. The molecule has 3 aromatic heterocycles. The second-order valence-electron chi connectivity index (χ2n) is 8.55. The van der Waals surface area contributed by atoms with Gasteiger partial charge in [-0.15, -0.1) is 0 Å². The standard InChI is InChI=1S/C21H27N11O4/c1-31(2)18-16-19(26-9-25-18)32(10-27-16)21-17(34)15(14(8-33)36-21)29-20(35)13(22)5-11-3-4-12(24-6-11)7-28-30-23/h3-4,6,9-10,13-15,17,21,33-34H,5,7-8,22H2,1-2H3,(H,29,35)/t13?,14-,15?,17+,21-/m1/s1. The Hall–Kier alpha value is -3.88. The van der Waals surface area contributed by atoms with Gasteiger partial charge >= 0.3 is 0 Å². The van der Waals surface area contributed by atoms with Crippen LogP contribution in [0.15, 0.2) is 36.1 Å². The summed E-state index contributed by atoms with van der Waals surface area (Å²) in [6, 6.07) is 1.58. The molecule has 1 saturated heterocycles. The average Bonchev–Trinajstić information content (AvgIpc) is 3.44. The molecule has 190 valence electrons. The van der Waals surface area contributed by atoms with Gasteiger partial charge in [0.25, 0.3) is 0 Å². The van der Waals surface area contributed by atoms with Crippen molar-refractivity contribution in [2.75, 3.05) is 25.6 Å². The van der Waals surface area contributed by atoms with Crippen LogP contribution in [0.2, 0.25) is 0 Å². The zero-order valence-corrected chi connectivity index (χ0v) is 19.7. The summed E-state index contributed by atoms with van der Waals surface area (Å²) in [7, 11) is 3.65. The molecule has 1 aliphatic rings. The lowest BCUT2D eigenvalue weighted by Crippen LogP contribution is -2.53. The van der Waals surface area contributed by atoms with Crippen molar-refractivity contribution < 1.29 is 19.7 Å². The molecule has 1 amide bonds. The Morgan fingerprint density at radius 2 is 2.17 bits per heavy atom. The zero-order valence-electron chi connectivity index (χ0n) is 19.7. The summed E-state index contributed by atoms with van der Waals surface area (Å²) >= 11 is 0. The number of nitrogens with zero attached hydrogens (tertiary/aromatic N) is 9. The molecule has 36 heavy (non-hydrogen) atoms. The molecule has 15 nitrogen and oxygen atoms in total. The number of nitrogens with one attached hydrogen (secondary N) is 1. The van der Waals surface area contributed by atoms with Crippen molar-refractivity contribution in [1.29, 1.82) is 0 Å². The first-order valence-electron chi connectivity index (χ1n) is 11.1. The first-order chi connectivity index (χ1) is 17.3. The van der Waals surface area contributed by atoms with Gasteiger partial charge in [-0.05, 0) is 23.6 Å². The molecular weight excluding hydrogens is 470 g/mol. The van der Waals surface area contributed by atoms with Crippen molar-refractivity contribution >= 4 is 22.9 Å². The molecule has 0 spiro atoms. The van der Waals surface area contributed by atoms with Crippen LogP contribution >= 0.6 is 0 Å². The van der Waals surface area contributed by atoms with Crippen LogP contribution in [0.5, 0.6) is 0 Å². The van der Waals surface area contributed by atoms with E-state index in [0.29, 0.717) is 28.2 Å². The predicted octanol–water partition coefficient (Wildman–Crippen LogP) is -0.597. The van der Waals surface area contributed by atoms with Crippen LogP contribution in [0, 0.1) is 0 Å². The van der Waals surface area contributed by atoms with E-state index in [-0.39, 0.29) is 13.0 Å². The number of azide groups is 1. The number of pyridine rings is 1. The number of imidazole rings is 1. The number of rotatable bonds is 9. The molecule has 0 saturated carbocycles. The minimum absolute atomic E-state index is 0.126. The molecule has 4 heterocycles. The van der Waals surface area contributed by atoms with Crippen molar-refractivity contribution in [3.8, 4) is 0 Å². The van der Waals surface area contributed by atoms with E-state index in [4.69, 9.17) is 16.0 Å². The van der Waals surface area contributed by atoms with Crippen LogP contribution in [0.4, 0.5) is 5.82 Å². The SMILES string of the molecule is CN(C)c1ncnc2c1ncn2[C@@H]1O[C@H](CO)C(NC(=O)C(N)Cc2ccc(CN=[N+]=[N-])nc2)[C@@H]1O. The van der Waals surface area contributed by atoms with E-state index in [1.54, 1.807) is 27.8 Å². The summed E-state index contributed by atoms with van der Waals surface area (Å²) in [5.74, 6) is 0.0775. The van der Waals surface area contributed by atoms with Gasteiger partial charge in [-0.1, -0.05) is 11.2 Å². The summed E-state index contributed by atoms with van der Waals surface area (Å²) in [6.45, 7) is -0.309. The van der Waals surface area contributed by atoms with Crippen LogP contribution in [0.25, 0.3) is 21.6 Å². The van der Waals surface area contributed by atoms with E-state index in [2.05, 4.69) is 35.3 Å². The van der Waals surface area contributed by atoms with E-state index >= 15 is 0 Å². The monoisotopic (exact) mass is 497 g/mol. The van der Waals surface area contributed by atoms with Crippen molar-refractivity contribution in [3.05, 3.63) is 52.7 Å². The van der Waals surface area contributed by atoms with Crippen LogP contribution in [0.3, 0.4) is 0 Å². The number of carbonyl (C=O) groups excluding carboxylic acids is 1. The Morgan fingerprint density at radius 3 is 2.83 bits per heavy atom. The van der Waals surface area contributed by atoms with Gasteiger partial charge in [0.2, 0.25) is 5.91 Å². The van der Waals surface area contributed by atoms with Gasteiger partial charge in [-0.25, -0.2) is 15.0 Å².